The molecule has 78 valence electrons. The number of nitrogens with zero attached hydrogens (tertiary/aromatic N) is 2. The molecule has 1 heterocycles. The van der Waals surface area contributed by atoms with E-state index < -0.39 is 9.84 Å². The summed E-state index contributed by atoms with van der Waals surface area (Å²) in [7, 11) is -3.28. The van der Waals surface area contributed by atoms with Gasteiger partial charge in [-0.05, 0) is 19.4 Å². The zero-order valence-corrected chi connectivity index (χ0v) is 9.35. The van der Waals surface area contributed by atoms with Crippen molar-refractivity contribution in [3.63, 3.8) is 0 Å². The lowest BCUT2D eigenvalue weighted by molar-refractivity contribution is 0.590. The molecule has 1 aromatic heterocycles. The Morgan fingerprint density at radius 2 is 2.14 bits per heavy atom. The van der Waals surface area contributed by atoms with Gasteiger partial charge in [0.2, 0.25) is 0 Å². The number of aryl methyl sites for hydroxylation is 1. The Hall–Kier alpha value is -0.680. The third kappa shape index (κ3) is 2.92. The summed E-state index contributed by atoms with van der Waals surface area (Å²) < 4.78 is 23.2. The van der Waals surface area contributed by atoms with E-state index in [1.165, 1.54) is 12.4 Å². The Morgan fingerprint density at radius 1 is 1.43 bits per heavy atom. The van der Waals surface area contributed by atoms with Crippen LogP contribution < -0.4 is 0 Å². The second-order valence-corrected chi connectivity index (χ2v) is 5.29. The topological polar surface area (TPSA) is 59.9 Å². The Bertz CT molecular complexity index is 406. The smallest absolute Gasteiger partial charge is 0.195 e. The van der Waals surface area contributed by atoms with E-state index in [-0.39, 0.29) is 10.8 Å². The van der Waals surface area contributed by atoms with Crippen molar-refractivity contribution < 1.29 is 8.42 Å². The van der Waals surface area contributed by atoms with Gasteiger partial charge in [0.15, 0.2) is 14.9 Å². The molecule has 0 radical (unpaired) electrons. The van der Waals surface area contributed by atoms with E-state index >= 15 is 0 Å². The van der Waals surface area contributed by atoms with Crippen LogP contribution in [-0.4, -0.2) is 30.0 Å². The SMILES string of the molecule is Cc1cc(S(=O)(=O)CCCCl)ncn1. The molecule has 0 bridgehead atoms. The lowest BCUT2D eigenvalue weighted by Gasteiger charge is -2.01. The average Bonchev–Trinajstić information content (AvgIpc) is 2.15. The van der Waals surface area contributed by atoms with Gasteiger partial charge in [-0.15, -0.1) is 11.6 Å². The summed E-state index contributed by atoms with van der Waals surface area (Å²) in [6.45, 7) is 1.72. The molecule has 0 saturated carbocycles. The summed E-state index contributed by atoms with van der Waals surface area (Å²) in [5.74, 6) is 0.371. The van der Waals surface area contributed by atoms with Gasteiger partial charge in [-0.25, -0.2) is 18.4 Å². The minimum absolute atomic E-state index is 0.0347. The van der Waals surface area contributed by atoms with Gasteiger partial charge in [0.1, 0.15) is 6.33 Å². The third-order valence-corrected chi connectivity index (χ3v) is 3.60. The Labute approximate surface area is 88.3 Å². The maximum atomic E-state index is 11.6. The predicted molar refractivity (Wildman–Crippen MR) is 54.2 cm³/mol. The van der Waals surface area contributed by atoms with Gasteiger partial charge in [-0.2, -0.15) is 0 Å². The first-order valence-corrected chi connectivity index (χ1v) is 6.32. The molecule has 1 rings (SSSR count). The van der Waals surface area contributed by atoms with E-state index in [4.69, 9.17) is 11.6 Å². The molecule has 6 heteroatoms. The molecule has 0 atom stereocenters. The van der Waals surface area contributed by atoms with Crippen LogP contribution in [0.3, 0.4) is 0 Å². The van der Waals surface area contributed by atoms with Gasteiger partial charge in [-0.3, -0.25) is 0 Å². The van der Waals surface area contributed by atoms with Crippen molar-refractivity contribution in [3.8, 4) is 0 Å². The molecule has 0 amide bonds. The number of aromatic nitrogens is 2. The number of hydrogen-bond acceptors (Lipinski definition) is 4. The van der Waals surface area contributed by atoms with E-state index in [0.29, 0.717) is 18.0 Å². The highest BCUT2D eigenvalue weighted by Gasteiger charge is 2.15. The standard InChI is InChI=1S/C8H11ClN2O2S/c1-7-5-8(11-6-10-7)14(12,13)4-2-3-9/h5-6H,2-4H2,1H3. The van der Waals surface area contributed by atoms with E-state index in [0.717, 1.165) is 0 Å². The molecule has 1 aromatic rings. The van der Waals surface area contributed by atoms with Gasteiger partial charge in [-0.1, -0.05) is 0 Å². The Balaban J connectivity index is 2.93. The maximum Gasteiger partial charge on any atom is 0.195 e. The van der Waals surface area contributed by atoms with Gasteiger partial charge in [0, 0.05) is 11.6 Å². The molecule has 14 heavy (non-hydrogen) atoms. The monoisotopic (exact) mass is 234 g/mol. The highest BCUT2D eigenvalue weighted by atomic mass is 35.5. The molecule has 4 nitrogen and oxygen atoms in total. The fourth-order valence-corrected chi connectivity index (χ4v) is 2.53. The first kappa shape index (κ1) is 11.4. The van der Waals surface area contributed by atoms with Crippen LogP contribution in [0.4, 0.5) is 0 Å². The largest absolute Gasteiger partial charge is 0.242 e. The molecule has 0 aliphatic heterocycles. The van der Waals surface area contributed by atoms with E-state index in [1.807, 2.05) is 0 Å². The average molecular weight is 235 g/mol. The molecule has 0 fully saturated rings. The molecule has 0 N–H and O–H groups in total. The fraction of sp³-hybridized carbons (Fsp3) is 0.500. The van der Waals surface area contributed by atoms with E-state index in [2.05, 4.69) is 9.97 Å². The zero-order valence-electron chi connectivity index (χ0n) is 7.77. The quantitative estimate of drug-likeness (QED) is 0.580. The lowest BCUT2D eigenvalue weighted by Crippen LogP contribution is -2.09. The Kier molecular flexibility index (Phi) is 3.83. The van der Waals surface area contributed by atoms with Crippen molar-refractivity contribution in [1.29, 1.82) is 0 Å². The molecular weight excluding hydrogens is 224 g/mol. The van der Waals surface area contributed by atoms with Crippen LogP contribution in [0.25, 0.3) is 0 Å². The summed E-state index contributed by atoms with van der Waals surface area (Å²) >= 11 is 5.43. The molecule has 0 aliphatic carbocycles. The fourth-order valence-electron chi connectivity index (χ4n) is 0.949. The molecular formula is C8H11ClN2O2S. The number of halogens is 1. The third-order valence-electron chi connectivity index (χ3n) is 1.64. The first-order valence-electron chi connectivity index (χ1n) is 4.13. The van der Waals surface area contributed by atoms with E-state index in [1.54, 1.807) is 6.92 Å². The van der Waals surface area contributed by atoms with Crippen molar-refractivity contribution in [2.45, 2.75) is 18.4 Å². The van der Waals surface area contributed by atoms with Crippen LogP contribution in [-0.2, 0) is 9.84 Å². The molecule has 0 unspecified atom stereocenters. The van der Waals surface area contributed by atoms with Crippen molar-refractivity contribution in [1.82, 2.24) is 9.97 Å². The lowest BCUT2D eigenvalue weighted by atomic mass is 10.5. The summed E-state index contributed by atoms with van der Waals surface area (Å²) in [4.78, 5) is 7.55. The van der Waals surface area contributed by atoms with Crippen LogP contribution in [0.2, 0.25) is 0 Å². The molecule has 0 spiro atoms. The van der Waals surface area contributed by atoms with Crippen molar-refractivity contribution >= 4 is 21.4 Å². The Morgan fingerprint density at radius 3 is 2.71 bits per heavy atom. The number of hydrogen-bond donors (Lipinski definition) is 0. The van der Waals surface area contributed by atoms with Crippen LogP contribution in [0.15, 0.2) is 17.4 Å². The van der Waals surface area contributed by atoms with Gasteiger partial charge in [0.25, 0.3) is 0 Å². The van der Waals surface area contributed by atoms with Crippen LogP contribution in [0.5, 0.6) is 0 Å². The predicted octanol–water partition coefficient (Wildman–Crippen LogP) is 1.19. The molecule has 0 saturated heterocycles. The molecule has 0 aliphatic rings. The summed E-state index contributed by atoms with van der Waals surface area (Å²) in [6.07, 6.45) is 1.69. The highest BCUT2D eigenvalue weighted by Crippen LogP contribution is 2.09. The highest BCUT2D eigenvalue weighted by molar-refractivity contribution is 7.91. The summed E-state index contributed by atoms with van der Waals surface area (Å²) in [5.41, 5.74) is 0.643. The summed E-state index contributed by atoms with van der Waals surface area (Å²) in [5, 5.41) is 0.0788. The number of sulfone groups is 1. The zero-order chi connectivity index (χ0) is 10.6. The van der Waals surface area contributed by atoms with E-state index in [9.17, 15) is 8.42 Å². The minimum Gasteiger partial charge on any atom is -0.242 e. The molecule has 0 aromatic carbocycles. The van der Waals surface area contributed by atoms with Crippen molar-refractivity contribution in [2.24, 2.45) is 0 Å². The normalized spacial score (nSPS) is 11.6. The van der Waals surface area contributed by atoms with Gasteiger partial charge < -0.3 is 0 Å². The second-order valence-electron chi connectivity index (χ2n) is 2.86. The van der Waals surface area contributed by atoms with Gasteiger partial charge >= 0.3 is 0 Å². The maximum absolute atomic E-state index is 11.6. The van der Waals surface area contributed by atoms with Crippen molar-refractivity contribution in [3.05, 3.63) is 18.1 Å². The van der Waals surface area contributed by atoms with Crippen LogP contribution in [0, 0.1) is 6.92 Å². The second kappa shape index (κ2) is 4.70. The van der Waals surface area contributed by atoms with Crippen LogP contribution in [0.1, 0.15) is 12.1 Å². The van der Waals surface area contributed by atoms with Gasteiger partial charge in [0.05, 0.1) is 5.75 Å². The summed E-state index contributed by atoms with van der Waals surface area (Å²) in [6, 6.07) is 1.46. The van der Waals surface area contributed by atoms with Crippen LogP contribution >= 0.6 is 11.6 Å². The number of alkyl halides is 1. The number of rotatable bonds is 4. The van der Waals surface area contributed by atoms with Crippen molar-refractivity contribution in [2.75, 3.05) is 11.6 Å². The minimum atomic E-state index is -3.28. The first-order chi connectivity index (χ1) is 6.56.